The molecule has 1 atom stereocenters. The first-order chi connectivity index (χ1) is 18.8. The molecule has 0 N–H and O–H groups in total. The first-order valence-electron chi connectivity index (χ1n) is 13.6. The minimum atomic E-state index is -0.678. The maximum absolute atomic E-state index is 14.0. The van der Waals surface area contributed by atoms with E-state index in [0.717, 1.165) is 35.1 Å². The number of amides is 1. The van der Waals surface area contributed by atoms with Gasteiger partial charge in [0.2, 0.25) is 5.76 Å². The summed E-state index contributed by atoms with van der Waals surface area (Å²) in [6, 6.07) is 16.3. The van der Waals surface area contributed by atoms with Crippen LogP contribution in [-0.4, -0.2) is 19.6 Å². The number of fused-ring (bicyclic) bond motifs is 2. The van der Waals surface area contributed by atoms with Crippen LogP contribution in [0.1, 0.15) is 77.0 Å². The Bertz CT molecular complexity index is 1600. The number of ether oxygens (including phenoxy) is 2. The molecule has 5 rings (SSSR count). The molecule has 0 spiro atoms. The van der Waals surface area contributed by atoms with Crippen LogP contribution < -0.4 is 19.8 Å². The van der Waals surface area contributed by atoms with Crippen molar-refractivity contribution in [2.75, 3.05) is 18.6 Å². The topological polar surface area (TPSA) is 69.0 Å². The number of hydrogen-bond acceptors (Lipinski definition) is 5. The molecular formula is C33H35NO5. The fraction of sp³-hybridized carbons (Fsp3) is 0.333. The zero-order chi connectivity index (χ0) is 27.7. The van der Waals surface area contributed by atoms with Gasteiger partial charge in [0.25, 0.3) is 5.91 Å². The number of aryl methyl sites for hydroxylation is 3. The standard InChI is InChI=1S/C33H35NO5/c1-6-7-8-9-16-38-27-15-12-23(19-28(27)37-5)30-29-31(35)25-17-20(2)10-14-26(25)39-32(29)33(36)34(30)24-13-11-21(3)22(4)18-24/h10-15,17-19,30H,6-9,16H2,1-5H3. The van der Waals surface area contributed by atoms with Gasteiger partial charge in [-0.1, -0.05) is 49.9 Å². The lowest BCUT2D eigenvalue weighted by Crippen LogP contribution is -2.29. The Morgan fingerprint density at radius 1 is 0.872 bits per heavy atom. The number of benzene rings is 3. The molecule has 2 heterocycles. The van der Waals surface area contributed by atoms with Gasteiger partial charge in [-0.05, 0) is 80.3 Å². The van der Waals surface area contributed by atoms with Crippen molar-refractivity contribution < 1.29 is 18.7 Å². The fourth-order valence-electron chi connectivity index (χ4n) is 5.23. The Morgan fingerprint density at radius 2 is 1.69 bits per heavy atom. The van der Waals surface area contributed by atoms with E-state index in [0.29, 0.717) is 40.3 Å². The van der Waals surface area contributed by atoms with Gasteiger partial charge in [-0.15, -0.1) is 0 Å². The highest BCUT2D eigenvalue weighted by Gasteiger charge is 2.44. The van der Waals surface area contributed by atoms with E-state index in [1.54, 1.807) is 18.1 Å². The summed E-state index contributed by atoms with van der Waals surface area (Å²) in [4.78, 5) is 29.5. The summed E-state index contributed by atoms with van der Waals surface area (Å²) in [7, 11) is 1.60. The molecule has 1 unspecified atom stereocenters. The lowest BCUT2D eigenvalue weighted by atomic mass is 9.97. The first kappa shape index (κ1) is 26.5. The summed E-state index contributed by atoms with van der Waals surface area (Å²) in [5, 5.41) is 0.465. The van der Waals surface area contributed by atoms with E-state index in [1.165, 1.54) is 12.8 Å². The third-order valence-corrected chi connectivity index (χ3v) is 7.55. The van der Waals surface area contributed by atoms with Gasteiger partial charge < -0.3 is 13.9 Å². The fourth-order valence-corrected chi connectivity index (χ4v) is 5.23. The van der Waals surface area contributed by atoms with Crippen LogP contribution in [0, 0.1) is 20.8 Å². The lowest BCUT2D eigenvalue weighted by Gasteiger charge is -2.26. The Balaban J connectivity index is 1.64. The van der Waals surface area contributed by atoms with Crippen molar-refractivity contribution in [3.05, 3.63) is 98.4 Å². The SMILES string of the molecule is CCCCCCOc1ccc(C2c3c(oc4ccc(C)cc4c3=O)C(=O)N2c2ccc(C)c(C)c2)cc1OC. The maximum Gasteiger partial charge on any atom is 0.295 e. The molecule has 202 valence electrons. The number of carbonyl (C=O) groups is 1. The predicted octanol–water partition coefficient (Wildman–Crippen LogP) is 7.44. The summed E-state index contributed by atoms with van der Waals surface area (Å²) in [5.41, 5.74) is 5.12. The molecule has 1 aromatic heterocycles. The minimum absolute atomic E-state index is 0.0785. The van der Waals surface area contributed by atoms with Crippen molar-refractivity contribution in [1.29, 1.82) is 0 Å². The minimum Gasteiger partial charge on any atom is -0.493 e. The number of anilines is 1. The second-order valence-corrected chi connectivity index (χ2v) is 10.3. The molecule has 0 fully saturated rings. The molecule has 39 heavy (non-hydrogen) atoms. The average Bonchev–Trinajstić information content (AvgIpc) is 3.23. The molecule has 1 amide bonds. The Hall–Kier alpha value is -4.06. The summed E-state index contributed by atoms with van der Waals surface area (Å²) in [6.07, 6.45) is 4.43. The van der Waals surface area contributed by atoms with Gasteiger partial charge in [0.15, 0.2) is 16.9 Å². The van der Waals surface area contributed by atoms with Gasteiger partial charge in [-0.2, -0.15) is 0 Å². The van der Waals surface area contributed by atoms with E-state index in [-0.39, 0.29) is 17.1 Å². The number of rotatable bonds is 9. The predicted molar refractivity (Wildman–Crippen MR) is 154 cm³/mol. The summed E-state index contributed by atoms with van der Waals surface area (Å²) in [5.74, 6) is 0.939. The molecule has 0 saturated carbocycles. The van der Waals surface area contributed by atoms with Crippen LogP contribution in [-0.2, 0) is 0 Å². The quantitative estimate of drug-likeness (QED) is 0.213. The molecule has 0 radical (unpaired) electrons. The number of unbranched alkanes of at least 4 members (excludes halogenated alkanes) is 3. The van der Waals surface area contributed by atoms with Crippen molar-refractivity contribution in [2.24, 2.45) is 0 Å². The monoisotopic (exact) mass is 525 g/mol. The summed E-state index contributed by atoms with van der Waals surface area (Å²) >= 11 is 0. The average molecular weight is 526 g/mol. The zero-order valence-corrected chi connectivity index (χ0v) is 23.3. The number of nitrogens with zero attached hydrogens (tertiary/aromatic N) is 1. The second kappa shape index (κ2) is 11.0. The van der Waals surface area contributed by atoms with E-state index in [9.17, 15) is 9.59 Å². The van der Waals surface area contributed by atoms with Crippen molar-refractivity contribution in [2.45, 2.75) is 59.4 Å². The van der Waals surface area contributed by atoms with E-state index in [4.69, 9.17) is 13.9 Å². The number of hydrogen-bond donors (Lipinski definition) is 0. The third kappa shape index (κ3) is 4.91. The normalized spacial score (nSPS) is 14.6. The number of methoxy groups -OCH3 is 1. The molecule has 0 bridgehead atoms. The smallest absolute Gasteiger partial charge is 0.295 e. The maximum atomic E-state index is 14.0. The number of carbonyl (C=O) groups excluding carboxylic acids is 1. The van der Waals surface area contributed by atoms with Crippen LogP contribution >= 0.6 is 0 Å². The van der Waals surface area contributed by atoms with Crippen LogP contribution in [0.25, 0.3) is 11.0 Å². The van der Waals surface area contributed by atoms with Crippen LogP contribution in [0.3, 0.4) is 0 Å². The molecule has 6 heteroatoms. The van der Waals surface area contributed by atoms with Gasteiger partial charge in [0.05, 0.1) is 30.7 Å². The molecule has 6 nitrogen and oxygen atoms in total. The van der Waals surface area contributed by atoms with Crippen LogP contribution in [0.5, 0.6) is 11.5 Å². The molecule has 1 aliphatic heterocycles. The first-order valence-corrected chi connectivity index (χ1v) is 13.6. The van der Waals surface area contributed by atoms with E-state index >= 15 is 0 Å². The highest BCUT2D eigenvalue weighted by Crippen LogP contribution is 2.43. The van der Waals surface area contributed by atoms with E-state index in [2.05, 4.69) is 6.92 Å². The molecule has 0 aliphatic carbocycles. The Labute approximate surface area is 229 Å². The van der Waals surface area contributed by atoms with E-state index < -0.39 is 6.04 Å². The summed E-state index contributed by atoms with van der Waals surface area (Å²) in [6.45, 7) is 8.76. The Morgan fingerprint density at radius 3 is 2.44 bits per heavy atom. The van der Waals surface area contributed by atoms with Gasteiger partial charge in [-0.3, -0.25) is 14.5 Å². The highest BCUT2D eigenvalue weighted by atomic mass is 16.5. The molecular weight excluding hydrogens is 490 g/mol. The highest BCUT2D eigenvalue weighted by molar-refractivity contribution is 6.10. The van der Waals surface area contributed by atoms with Crippen LogP contribution in [0.4, 0.5) is 5.69 Å². The molecule has 4 aromatic rings. The van der Waals surface area contributed by atoms with Gasteiger partial charge >= 0.3 is 0 Å². The molecule has 3 aromatic carbocycles. The van der Waals surface area contributed by atoms with Crippen LogP contribution in [0.2, 0.25) is 0 Å². The summed E-state index contributed by atoms with van der Waals surface area (Å²) < 4.78 is 17.9. The Kier molecular flexibility index (Phi) is 7.47. The second-order valence-electron chi connectivity index (χ2n) is 10.3. The van der Waals surface area contributed by atoms with Crippen molar-refractivity contribution in [1.82, 2.24) is 0 Å². The van der Waals surface area contributed by atoms with Crippen molar-refractivity contribution in [3.8, 4) is 11.5 Å². The van der Waals surface area contributed by atoms with E-state index in [1.807, 2.05) is 69.3 Å². The lowest BCUT2D eigenvalue weighted by molar-refractivity contribution is 0.0971. The van der Waals surface area contributed by atoms with Crippen molar-refractivity contribution in [3.63, 3.8) is 0 Å². The largest absolute Gasteiger partial charge is 0.493 e. The molecule has 1 aliphatic rings. The van der Waals surface area contributed by atoms with Gasteiger partial charge in [0.1, 0.15) is 5.58 Å². The molecule has 0 saturated heterocycles. The van der Waals surface area contributed by atoms with Gasteiger partial charge in [-0.25, -0.2) is 0 Å². The van der Waals surface area contributed by atoms with Crippen molar-refractivity contribution >= 4 is 22.6 Å². The zero-order valence-electron chi connectivity index (χ0n) is 23.3. The van der Waals surface area contributed by atoms with Gasteiger partial charge in [0, 0.05) is 5.69 Å². The third-order valence-electron chi connectivity index (χ3n) is 7.55. The van der Waals surface area contributed by atoms with Crippen LogP contribution in [0.15, 0.2) is 63.8 Å².